The van der Waals surface area contributed by atoms with Crippen molar-refractivity contribution in [1.82, 2.24) is 10.6 Å². The van der Waals surface area contributed by atoms with E-state index in [1.165, 1.54) is 6.42 Å². The Kier molecular flexibility index (Phi) is 4.99. The average Bonchev–Trinajstić information content (AvgIpc) is 2.25. The largest absolute Gasteiger partial charge is 0.354 e. The summed E-state index contributed by atoms with van der Waals surface area (Å²) in [5.74, 6) is 0.742. The van der Waals surface area contributed by atoms with Crippen molar-refractivity contribution in [3.05, 3.63) is 0 Å². The van der Waals surface area contributed by atoms with Gasteiger partial charge in [0.05, 0.1) is 6.04 Å². The van der Waals surface area contributed by atoms with Crippen LogP contribution in [0.25, 0.3) is 0 Å². The zero-order chi connectivity index (χ0) is 13.1. The Labute approximate surface area is 106 Å². The third kappa shape index (κ3) is 4.30. The smallest absolute Gasteiger partial charge is 0.237 e. The molecule has 2 unspecified atom stereocenters. The fourth-order valence-electron chi connectivity index (χ4n) is 1.99. The van der Waals surface area contributed by atoms with Gasteiger partial charge >= 0.3 is 0 Å². The first-order valence-corrected chi connectivity index (χ1v) is 6.86. The van der Waals surface area contributed by atoms with Gasteiger partial charge in [0.25, 0.3) is 0 Å². The predicted molar refractivity (Wildman–Crippen MR) is 71.9 cm³/mol. The quantitative estimate of drug-likeness (QED) is 0.792. The lowest BCUT2D eigenvalue weighted by molar-refractivity contribution is -0.124. The molecule has 3 nitrogen and oxygen atoms in total. The predicted octanol–water partition coefficient (Wildman–Crippen LogP) is 2.32. The molecule has 1 aliphatic rings. The van der Waals surface area contributed by atoms with Gasteiger partial charge in [0.1, 0.15) is 0 Å². The zero-order valence-electron chi connectivity index (χ0n) is 12.0. The van der Waals surface area contributed by atoms with Crippen molar-refractivity contribution in [1.29, 1.82) is 0 Å². The van der Waals surface area contributed by atoms with Crippen LogP contribution in [0.3, 0.4) is 0 Å². The molecule has 0 aromatic heterocycles. The van der Waals surface area contributed by atoms with Gasteiger partial charge in [-0.3, -0.25) is 4.79 Å². The van der Waals surface area contributed by atoms with Crippen molar-refractivity contribution >= 4 is 5.91 Å². The molecular formula is C14H28N2O. The van der Waals surface area contributed by atoms with E-state index >= 15 is 0 Å². The van der Waals surface area contributed by atoms with E-state index in [0.717, 1.165) is 19.4 Å². The second-order valence-corrected chi connectivity index (χ2v) is 6.41. The summed E-state index contributed by atoms with van der Waals surface area (Å²) in [6.07, 6.45) is 3.30. The van der Waals surface area contributed by atoms with E-state index in [1.807, 2.05) is 0 Å². The van der Waals surface area contributed by atoms with Gasteiger partial charge in [0.2, 0.25) is 5.91 Å². The summed E-state index contributed by atoms with van der Waals surface area (Å²) in [5, 5.41) is 6.46. The van der Waals surface area contributed by atoms with E-state index in [9.17, 15) is 4.79 Å². The molecule has 1 amide bonds. The van der Waals surface area contributed by atoms with Crippen LogP contribution in [-0.2, 0) is 4.79 Å². The van der Waals surface area contributed by atoms with Crippen molar-refractivity contribution in [2.24, 2.45) is 11.3 Å². The molecule has 17 heavy (non-hydrogen) atoms. The molecule has 0 aliphatic carbocycles. The van der Waals surface area contributed by atoms with E-state index in [1.54, 1.807) is 0 Å². The highest BCUT2D eigenvalue weighted by Crippen LogP contribution is 2.24. The Morgan fingerprint density at radius 1 is 1.41 bits per heavy atom. The first-order chi connectivity index (χ1) is 7.83. The van der Waals surface area contributed by atoms with Crippen LogP contribution in [0.1, 0.15) is 53.9 Å². The van der Waals surface area contributed by atoms with Crippen LogP contribution in [0.15, 0.2) is 0 Å². The SMILES string of the molecule is CC1CCCC(C(=O)NCC(C)(C)C(C)C)N1. The third-order valence-electron chi connectivity index (χ3n) is 4.21. The van der Waals surface area contributed by atoms with Crippen LogP contribution < -0.4 is 10.6 Å². The van der Waals surface area contributed by atoms with Gasteiger partial charge in [-0.2, -0.15) is 0 Å². The first-order valence-electron chi connectivity index (χ1n) is 6.86. The van der Waals surface area contributed by atoms with Crippen LogP contribution >= 0.6 is 0 Å². The van der Waals surface area contributed by atoms with Gasteiger partial charge in [0.15, 0.2) is 0 Å². The number of rotatable bonds is 4. The van der Waals surface area contributed by atoms with E-state index in [4.69, 9.17) is 0 Å². The van der Waals surface area contributed by atoms with E-state index < -0.39 is 0 Å². The van der Waals surface area contributed by atoms with Crippen molar-refractivity contribution in [3.8, 4) is 0 Å². The normalized spacial score (nSPS) is 26.0. The highest BCUT2D eigenvalue weighted by atomic mass is 16.2. The number of carbonyl (C=O) groups excluding carboxylic acids is 1. The number of carbonyl (C=O) groups is 1. The minimum Gasteiger partial charge on any atom is -0.354 e. The van der Waals surface area contributed by atoms with Gasteiger partial charge in [0, 0.05) is 12.6 Å². The lowest BCUT2D eigenvalue weighted by Gasteiger charge is -2.32. The number of amides is 1. The molecule has 2 atom stereocenters. The fraction of sp³-hybridized carbons (Fsp3) is 0.929. The van der Waals surface area contributed by atoms with E-state index in [2.05, 4.69) is 45.3 Å². The van der Waals surface area contributed by atoms with Gasteiger partial charge in [-0.25, -0.2) is 0 Å². The summed E-state index contributed by atoms with van der Waals surface area (Å²) < 4.78 is 0. The fourth-order valence-corrected chi connectivity index (χ4v) is 1.99. The Morgan fingerprint density at radius 2 is 2.06 bits per heavy atom. The summed E-state index contributed by atoms with van der Waals surface area (Å²) in [7, 11) is 0. The van der Waals surface area contributed by atoms with Crippen LogP contribution in [-0.4, -0.2) is 24.5 Å². The van der Waals surface area contributed by atoms with Crippen molar-refractivity contribution in [2.75, 3.05) is 6.54 Å². The van der Waals surface area contributed by atoms with Crippen LogP contribution in [0.4, 0.5) is 0 Å². The molecule has 2 N–H and O–H groups in total. The van der Waals surface area contributed by atoms with Crippen LogP contribution in [0.2, 0.25) is 0 Å². The monoisotopic (exact) mass is 240 g/mol. The number of hydrogen-bond acceptors (Lipinski definition) is 2. The molecule has 0 bridgehead atoms. The molecule has 0 spiro atoms. The average molecular weight is 240 g/mol. The first kappa shape index (κ1) is 14.5. The maximum Gasteiger partial charge on any atom is 0.237 e. The maximum absolute atomic E-state index is 12.0. The summed E-state index contributed by atoms with van der Waals surface area (Å²) in [5.41, 5.74) is 0.163. The van der Waals surface area contributed by atoms with Crippen LogP contribution in [0.5, 0.6) is 0 Å². The molecular weight excluding hydrogens is 212 g/mol. The highest BCUT2D eigenvalue weighted by Gasteiger charge is 2.27. The minimum atomic E-state index is 0.0155. The second-order valence-electron chi connectivity index (χ2n) is 6.41. The van der Waals surface area contributed by atoms with Crippen LogP contribution in [0, 0.1) is 11.3 Å². The van der Waals surface area contributed by atoms with Gasteiger partial charge in [-0.05, 0) is 37.5 Å². The molecule has 1 fully saturated rings. The molecule has 1 saturated heterocycles. The molecule has 3 heteroatoms. The zero-order valence-corrected chi connectivity index (χ0v) is 12.0. The minimum absolute atomic E-state index is 0.0155. The molecule has 100 valence electrons. The molecule has 0 saturated carbocycles. The molecule has 0 aromatic carbocycles. The summed E-state index contributed by atoms with van der Waals surface area (Å²) >= 11 is 0. The third-order valence-corrected chi connectivity index (χ3v) is 4.21. The lowest BCUT2D eigenvalue weighted by Crippen LogP contribution is -2.51. The van der Waals surface area contributed by atoms with Gasteiger partial charge in [-0.1, -0.05) is 27.7 Å². The maximum atomic E-state index is 12.0. The van der Waals surface area contributed by atoms with E-state index in [-0.39, 0.29) is 17.4 Å². The molecule has 1 aliphatic heterocycles. The molecule has 0 aromatic rings. The standard InChI is InChI=1S/C14H28N2O/c1-10(2)14(4,5)9-15-13(17)12-8-6-7-11(3)16-12/h10-12,16H,6-9H2,1-5H3,(H,15,17). The Balaban J connectivity index is 2.39. The molecule has 1 heterocycles. The Hall–Kier alpha value is -0.570. The van der Waals surface area contributed by atoms with Crippen molar-refractivity contribution in [2.45, 2.75) is 66.0 Å². The van der Waals surface area contributed by atoms with Crippen molar-refractivity contribution < 1.29 is 4.79 Å². The van der Waals surface area contributed by atoms with E-state index in [0.29, 0.717) is 12.0 Å². The highest BCUT2D eigenvalue weighted by molar-refractivity contribution is 5.81. The Bertz CT molecular complexity index is 261. The number of hydrogen-bond donors (Lipinski definition) is 2. The lowest BCUT2D eigenvalue weighted by atomic mass is 9.81. The summed E-state index contributed by atoms with van der Waals surface area (Å²) in [6, 6.07) is 0.485. The van der Waals surface area contributed by atoms with Gasteiger partial charge in [-0.15, -0.1) is 0 Å². The number of nitrogens with one attached hydrogen (secondary N) is 2. The number of piperidine rings is 1. The Morgan fingerprint density at radius 3 is 2.59 bits per heavy atom. The summed E-state index contributed by atoms with van der Waals surface area (Å²) in [6.45, 7) is 11.7. The molecule has 0 radical (unpaired) electrons. The summed E-state index contributed by atoms with van der Waals surface area (Å²) in [4.78, 5) is 12.0. The second kappa shape index (κ2) is 5.85. The molecule has 1 rings (SSSR count). The van der Waals surface area contributed by atoms with Gasteiger partial charge < -0.3 is 10.6 Å². The van der Waals surface area contributed by atoms with Crippen molar-refractivity contribution in [3.63, 3.8) is 0 Å². The topological polar surface area (TPSA) is 41.1 Å².